The van der Waals surface area contributed by atoms with Gasteiger partial charge in [0.05, 0.1) is 17.7 Å². The van der Waals surface area contributed by atoms with Gasteiger partial charge in [0.1, 0.15) is 18.1 Å². The third-order valence-electron chi connectivity index (χ3n) is 5.11. The topological polar surface area (TPSA) is 116 Å². The number of amides is 1. The van der Waals surface area contributed by atoms with Crippen molar-refractivity contribution >= 4 is 34.3 Å². The van der Waals surface area contributed by atoms with Gasteiger partial charge in [-0.3, -0.25) is 19.6 Å². The molecular weight excluding hydrogens is 434 g/mol. The second-order valence-corrected chi connectivity index (χ2v) is 7.89. The summed E-state index contributed by atoms with van der Waals surface area (Å²) >= 11 is 0. The van der Waals surface area contributed by atoms with Crippen molar-refractivity contribution in [2.45, 2.75) is 33.9 Å². The number of hydrogen-bond acceptors (Lipinski definition) is 7. The van der Waals surface area contributed by atoms with Gasteiger partial charge in [0.15, 0.2) is 11.6 Å². The molecule has 2 aromatic heterocycles. The van der Waals surface area contributed by atoms with Crippen molar-refractivity contribution in [2.24, 2.45) is 0 Å². The van der Waals surface area contributed by atoms with E-state index in [1.54, 1.807) is 31.5 Å². The van der Waals surface area contributed by atoms with Gasteiger partial charge in [-0.2, -0.15) is 5.10 Å². The molecule has 34 heavy (non-hydrogen) atoms. The SMILES string of the molecule is CC(=O)Cn1nc(C(C)=O)c2cc(-c3cnc(C)nc3)cc(NC(=O)OCc3ccccc3)c21. The first-order valence-electron chi connectivity index (χ1n) is 10.6. The Labute approximate surface area is 195 Å². The van der Waals surface area contributed by atoms with Crippen molar-refractivity contribution in [3.63, 3.8) is 0 Å². The van der Waals surface area contributed by atoms with E-state index in [-0.39, 0.29) is 30.4 Å². The molecule has 9 heteroatoms. The van der Waals surface area contributed by atoms with Crippen LogP contribution in [0.25, 0.3) is 22.0 Å². The molecule has 0 aliphatic heterocycles. The molecule has 2 heterocycles. The molecule has 4 aromatic rings. The number of ketones is 2. The monoisotopic (exact) mass is 457 g/mol. The van der Waals surface area contributed by atoms with E-state index in [2.05, 4.69) is 20.4 Å². The van der Waals surface area contributed by atoms with Crippen molar-refractivity contribution in [3.05, 3.63) is 71.9 Å². The van der Waals surface area contributed by atoms with Gasteiger partial charge in [0.2, 0.25) is 0 Å². The molecule has 0 radical (unpaired) electrons. The number of Topliss-reactive ketones (excluding diaryl/α,β-unsaturated/α-hetero) is 2. The van der Waals surface area contributed by atoms with Crippen LogP contribution >= 0.6 is 0 Å². The Kier molecular flexibility index (Phi) is 6.44. The number of nitrogens with one attached hydrogen (secondary N) is 1. The number of benzene rings is 2. The van der Waals surface area contributed by atoms with E-state index < -0.39 is 6.09 Å². The molecule has 9 nitrogen and oxygen atoms in total. The van der Waals surface area contributed by atoms with Crippen LogP contribution < -0.4 is 5.32 Å². The predicted octanol–water partition coefficient (Wildman–Crippen LogP) is 4.34. The molecule has 172 valence electrons. The number of rotatable bonds is 7. The molecule has 0 bridgehead atoms. The Bertz CT molecular complexity index is 1380. The molecule has 0 aliphatic carbocycles. The van der Waals surface area contributed by atoms with E-state index in [4.69, 9.17) is 4.74 Å². The van der Waals surface area contributed by atoms with E-state index in [1.807, 2.05) is 30.3 Å². The van der Waals surface area contributed by atoms with Crippen molar-refractivity contribution < 1.29 is 19.1 Å². The molecule has 0 aliphatic rings. The summed E-state index contributed by atoms with van der Waals surface area (Å²) in [4.78, 5) is 45.4. The minimum absolute atomic E-state index is 0.0511. The molecule has 1 N–H and O–H groups in total. The average molecular weight is 457 g/mol. The van der Waals surface area contributed by atoms with Gasteiger partial charge in [-0.05, 0) is 37.1 Å². The zero-order chi connectivity index (χ0) is 24.2. The molecule has 0 atom stereocenters. The summed E-state index contributed by atoms with van der Waals surface area (Å²) in [7, 11) is 0. The summed E-state index contributed by atoms with van der Waals surface area (Å²) < 4.78 is 6.81. The first-order chi connectivity index (χ1) is 16.3. The molecule has 4 rings (SSSR count). The third kappa shape index (κ3) is 4.98. The molecule has 0 unspecified atom stereocenters. The summed E-state index contributed by atoms with van der Waals surface area (Å²) in [6.07, 6.45) is 2.64. The van der Waals surface area contributed by atoms with Crippen LogP contribution in [0.5, 0.6) is 0 Å². The van der Waals surface area contributed by atoms with Gasteiger partial charge in [0.25, 0.3) is 0 Å². The van der Waals surface area contributed by atoms with Crippen molar-refractivity contribution in [1.29, 1.82) is 0 Å². The quantitative estimate of drug-likeness (QED) is 0.410. The number of nitrogens with zero attached hydrogens (tertiary/aromatic N) is 4. The number of ether oxygens (including phenoxy) is 1. The lowest BCUT2D eigenvalue weighted by molar-refractivity contribution is -0.117. The van der Waals surface area contributed by atoms with Gasteiger partial charge in [0, 0.05) is 30.3 Å². The molecule has 0 fully saturated rings. The lowest BCUT2D eigenvalue weighted by Crippen LogP contribution is -2.15. The summed E-state index contributed by atoms with van der Waals surface area (Å²) in [5.74, 6) is 0.210. The molecule has 0 spiro atoms. The zero-order valence-electron chi connectivity index (χ0n) is 19.0. The fraction of sp³-hybridized carbons (Fsp3) is 0.200. The smallest absolute Gasteiger partial charge is 0.412 e. The lowest BCUT2D eigenvalue weighted by atomic mass is 10.0. The summed E-state index contributed by atoms with van der Waals surface area (Å²) in [5, 5.41) is 7.62. The standard InChI is InChI=1S/C25H23N5O4/c1-15(31)13-30-24-21(23(29-30)16(2)32)9-19(20-11-26-17(3)27-12-20)10-22(24)28-25(33)34-14-18-7-5-4-6-8-18/h4-12H,13-14H2,1-3H3,(H,28,33). The second-order valence-electron chi connectivity index (χ2n) is 7.89. The van der Waals surface area contributed by atoms with E-state index in [9.17, 15) is 14.4 Å². The van der Waals surface area contributed by atoms with E-state index in [0.717, 1.165) is 5.56 Å². The van der Waals surface area contributed by atoms with Crippen LogP contribution in [0.2, 0.25) is 0 Å². The third-order valence-corrected chi connectivity index (χ3v) is 5.11. The van der Waals surface area contributed by atoms with E-state index in [1.165, 1.54) is 18.5 Å². The van der Waals surface area contributed by atoms with Crippen molar-refractivity contribution in [1.82, 2.24) is 19.7 Å². The number of fused-ring (bicyclic) bond motifs is 1. The van der Waals surface area contributed by atoms with Crippen LogP contribution in [0.1, 0.15) is 35.7 Å². The highest BCUT2D eigenvalue weighted by molar-refractivity contribution is 6.11. The van der Waals surface area contributed by atoms with Gasteiger partial charge in [-0.15, -0.1) is 0 Å². The maximum Gasteiger partial charge on any atom is 0.412 e. The van der Waals surface area contributed by atoms with Gasteiger partial charge in [-0.1, -0.05) is 30.3 Å². The Morgan fingerprint density at radius 3 is 2.35 bits per heavy atom. The molecule has 0 saturated heterocycles. The highest BCUT2D eigenvalue weighted by Crippen LogP contribution is 2.33. The van der Waals surface area contributed by atoms with Gasteiger partial charge >= 0.3 is 6.09 Å². The molecular formula is C25H23N5O4. The van der Waals surface area contributed by atoms with Crippen LogP contribution in [-0.4, -0.2) is 37.4 Å². The largest absolute Gasteiger partial charge is 0.444 e. The Balaban J connectivity index is 1.79. The molecule has 2 aromatic carbocycles. The van der Waals surface area contributed by atoms with E-state index in [0.29, 0.717) is 33.5 Å². The summed E-state index contributed by atoms with van der Waals surface area (Å²) in [6.45, 7) is 4.66. The number of carbonyl (C=O) groups excluding carboxylic acids is 3. The fourth-order valence-electron chi connectivity index (χ4n) is 3.58. The normalized spacial score (nSPS) is 10.8. The van der Waals surface area contributed by atoms with Crippen molar-refractivity contribution in [3.8, 4) is 11.1 Å². The Morgan fingerprint density at radius 2 is 1.71 bits per heavy atom. The van der Waals surface area contributed by atoms with Gasteiger partial charge < -0.3 is 4.74 Å². The maximum absolute atomic E-state index is 12.7. The average Bonchev–Trinajstić information content (AvgIpc) is 3.17. The molecule has 1 amide bonds. The Hall–Kier alpha value is -4.40. The fourth-order valence-corrected chi connectivity index (χ4v) is 3.58. The van der Waals surface area contributed by atoms with Crippen LogP contribution in [-0.2, 0) is 22.7 Å². The first kappa shape index (κ1) is 22.8. The molecule has 0 saturated carbocycles. The number of anilines is 1. The van der Waals surface area contributed by atoms with Crippen LogP contribution in [0.3, 0.4) is 0 Å². The van der Waals surface area contributed by atoms with Crippen molar-refractivity contribution in [2.75, 3.05) is 5.32 Å². The minimum atomic E-state index is -0.678. The number of aromatic nitrogens is 4. The lowest BCUT2D eigenvalue weighted by Gasteiger charge is -2.12. The maximum atomic E-state index is 12.7. The van der Waals surface area contributed by atoms with Crippen LogP contribution in [0.4, 0.5) is 10.5 Å². The zero-order valence-corrected chi connectivity index (χ0v) is 19.0. The summed E-state index contributed by atoms with van der Waals surface area (Å²) in [5.41, 5.74) is 3.22. The van der Waals surface area contributed by atoms with E-state index >= 15 is 0 Å². The number of hydrogen-bond donors (Lipinski definition) is 1. The highest BCUT2D eigenvalue weighted by atomic mass is 16.5. The number of aryl methyl sites for hydroxylation is 1. The Morgan fingerprint density at radius 1 is 1.00 bits per heavy atom. The highest BCUT2D eigenvalue weighted by Gasteiger charge is 2.21. The van der Waals surface area contributed by atoms with Crippen LogP contribution in [0.15, 0.2) is 54.9 Å². The first-order valence-corrected chi connectivity index (χ1v) is 10.6. The predicted molar refractivity (Wildman–Crippen MR) is 126 cm³/mol. The summed E-state index contributed by atoms with van der Waals surface area (Å²) in [6, 6.07) is 12.8. The minimum Gasteiger partial charge on any atom is -0.444 e. The second kappa shape index (κ2) is 9.62. The van der Waals surface area contributed by atoms with Gasteiger partial charge in [-0.25, -0.2) is 14.8 Å². The number of carbonyl (C=O) groups is 3. The van der Waals surface area contributed by atoms with Crippen LogP contribution in [0, 0.1) is 6.92 Å².